The van der Waals surface area contributed by atoms with Gasteiger partial charge in [-0.15, -0.1) is 0 Å². The molecule has 1 N–H and O–H groups in total. The van der Waals surface area contributed by atoms with Gasteiger partial charge in [0.05, 0.1) is 11.0 Å². The number of furan rings is 1. The minimum Gasteiger partial charge on any atom is -0.459 e. The van der Waals surface area contributed by atoms with E-state index in [9.17, 15) is 0 Å². The van der Waals surface area contributed by atoms with E-state index in [1.807, 2.05) is 12.1 Å². The van der Waals surface area contributed by atoms with Crippen molar-refractivity contribution in [2.75, 3.05) is 20.6 Å². The molecule has 3 nitrogen and oxygen atoms in total. The summed E-state index contributed by atoms with van der Waals surface area (Å²) in [6.07, 6.45) is 0. The molecule has 0 saturated heterocycles. The highest BCUT2D eigenvalue weighted by Crippen LogP contribution is 2.26. The van der Waals surface area contributed by atoms with Gasteiger partial charge in [0.15, 0.2) is 0 Å². The van der Waals surface area contributed by atoms with E-state index >= 15 is 0 Å². The summed E-state index contributed by atoms with van der Waals surface area (Å²) in [4.78, 5) is 2.17. The lowest BCUT2D eigenvalue weighted by atomic mass is 10.2. The molecule has 1 atom stereocenters. The second-order valence-corrected chi connectivity index (χ2v) is 5.77. The Hall–Kier alpha value is -0.840. The first-order chi connectivity index (χ1) is 8.56. The Morgan fingerprint density at radius 2 is 2.17 bits per heavy atom. The van der Waals surface area contributed by atoms with Crippen molar-refractivity contribution in [3.8, 4) is 0 Å². The van der Waals surface area contributed by atoms with Crippen LogP contribution in [0.15, 0.2) is 33.2 Å². The molecule has 0 aliphatic rings. The van der Waals surface area contributed by atoms with Gasteiger partial charge in [0.25, 0.3) is 0 Å². The molecule has 0 saturated carbocycles. The predicted molar refractivity (Wildman–Crippen MR) is 78.8 cm³/mol. The van der Waals surface area contributed by atoms with Gasteiger partial charge in [0.2, 0.25) is 0 Å². The number of rotatable bonds is 5. The van der Waals surface area contributed by atoms with Crippen LogP contribution in [-0.2, 0) is 6.54 Å². The number of nitrogens with one attached hydrogen (secondary N) is 1. The summed E-state index contributed by atoms with van der Waals surface area (Å²) in [5.74, 6) is 0.975. The van der Waals surface area contributed by atoms with Crippen molar-refractivity contribution in [1.82, 2.24) is 10.2 Å². The molecule has 98 valence electrons. The standard InChI is InChI=1S/C14H19BrN2O/c1-10(9-17(2)3)16-8-12-7-11-5-4-6-13(15)14(11)18-12/h4-7,10,16H,8-9H2,1-3H3. The molecular weight excluding hydrogens is 292 g/mol. The van der Waals surface area contributed by atoms with Crippen LogP contribution in [0.4, 0.5) is 0 Å². The van der Waals surface area contributed by atoms with Gasteiger partial charge in [0.1, 0.15) is 11.3 Å². The van der Waals surface area contributed by atoms with E-state index in [0.717, 1.165) is 34.3 Å². The first-order valence-electron chi connectivity index (χ1n) is 6.11. The van der Waals surface area contributed by atoms with Crippen LogP contribution in [0.3, 0.4) is 0 Å². The monoisotopic (exact) mass is 310 g/mol. The molecule has 0 radical (unpaired) electrons. The highest BCUT2D eigenvalue weighted by atomic mass is 79.9. The smallest absolute Gasteiger partial charge is 0.148 e. The number of halogens is 1. The summed E-state index contributed by atoms with van der Waals surface area (Å²) < 4.78 is 6.84. The largest absolute Gasteiger partial charge is 0.459 e. The fourth-order valence-electron chi connectivity index (χ4n) is 2.06. The summed E-state index contributed by atoms with van der Waals surface area (Å²) in [6, 6.07) is 8.62. The molecule has 0 aliphatic carbocycles. The molecule has 1 heterocycles. The molecule has 0 spiro atoms. The highest BCUT2D eigenvalue weighted by molar-refractivity contribution is 9.10. The average molecular weight is 311 g/mol. The maximum absolute atomic E-state index is 5.83. The molecule has 1 aromatic carbocycles. The van der Waals surface area contributed by atoms with Crippen molar-refractivity contribution in [2.24, 2.45) is 0 Å². The normalized spacial score (nSPS) is 13.4. The third-order valence-corrected chi connectivity index (χ3v) is 3.44. The number of fused-ring (bicyclic) bond motifs is 1. The zero-order chi connectivity index (χ0) is 13.1. The Kier molecular flexibility index (Phi) is 4.43. The van der Waals surface area contributed by atoms with Gasteiger partial charge >= 0.3 is 0 Å². The summed E-state index contributed by atoms with van der Waals surface area (Å²) in [5.41, 5.74) is 0.926. The minimum absolute atomic E-state index is 0.441. The van der Waals surface area contributed by atoms with Crippen molar-refractivity contribution in [1.29, 1.82) is 0 Å². The first kappa shape index (κ1) is 13.6. The third kappa shape index (κ3) is 3.34. The van der Waals surface area contributed by atoms with Crippen molar-refractivity contribution in [3.63, 3.8) is 0 Å². The maximum atomic E-state index is 5.83. The number of benzene rings is 1. The molecule has 0 amide bonds. The van der Waals surface area contributed by atoms with E-state index in [0.29, 0.717) is 6.04 Å². The van der Waals surface area contributed by atoms with E-state index in [-0.39, 0.29) is 0 Å². The van der Waals surface area contributed by atoms with Crippen molar-refractivity contribution >= 4 is 26.9 Å². The minimum atomic E-state index is 0.441. The molecule has 4 heteroatoms. The van der Waals surface area contributed by atoms with Crippen LogP contribution in [0.5, 0.6) is 0 Å². The van der Waals surface area contributed by atoms with Crippen LogP contribution in [0.1, 0.15) is 12.7 Å². The van der Waals surface area contributed by atoms with Gasteiger partial charge in [-0.3, -0.25) is 0 Å². The van der Waals surface area contributed by atoms with Gasteiger partial charge < -0.3 is 14.6 Å². The lowest BCUT2D eigenvalue weighted by Gasteiger charge is -2.17. The van der Waals surface area contributed by atoms with Crippen LogP contribution in [0.2, 0.25) is 0 Å². The average Bonchev–Trinajstić information content (AvgIpc) is 2.70. The van der Waals surface area contributed by atoms with Crippen LogP contribution in [-0.4, -0.2) is 31.6 Å². The fraction of sp³-hybridized carbons (Fsp3) is 0.429. The van der Waals surface area contributed by atoms with E-state index in [1.165, 1.54) is 0 Å². The van der Waals surface area contributed by atoms with E-state index in [2.05, 4.69) is 59.3 Å². The molecule has 1 unspecified atom stereocenters. The van der Waals surface area contributed by atoms with Gasteiger partial charge in [-0.1, -0.05) is 12.1 Å². The van der Waals surface area contributed by atoms with Crippen molar-refractivity contribution in [3.05, 3.63) is 34.5 Å². The van der Waals surface area contributed by atoms with Crippen LogP contribution in [0, 0.1) is 0 Å². The molecule has 2 aromatic rings. The van der Waals surface area contributed by atoms with Crippen LogP contribution in [0.25, 0.3) is 11.0 Å². The first-order valence-corrected chi connectivity index (χ1v) is 6.90. The summed E-state index contributed by atoms with van der Waals surface area (Å²) in [6.45, 7) is 3.96. The van der Waals surface area contributed by atoms with Crippen LogP contribution >= 0.6 is 15.9 Å². The van der Waals surface area contributed by atoms with Gasteiger partial charge in [-0.25, -0.2) is 0 Å². The molecule has 0 aliphatic heterocycles. The van der Waals surface area contributed by atoms with Gasteiger partial charge in [-0.2, -0.15) is 0 Å². The zero-order valence-corrected chi connectivity index (χ0v) is 12.6. The Morgan fingerprint density at radius 3 is 2.83 bits per heavy atom. The summed E-state index contributed by atoms with van der Waals surface area (Å²) in [5, 5.41) is 4.60. The van der Waals surface area contributed by atoms with Crippen molar-refractivity contribution in [2.45, 2.75) is 19.5 Å². The van der Waals surface area contributed by atoms with E-state index in [4.69, 9.17) is 4.42 Å². The highest BCUT2D eigenvalue weighted by Gasteiger charge is 2.08. The number of likely N-dealkylation sites (N-methyl/N-ethyl adjacent to an activating group) is 1. The van der Waals surface area contributed by atoms with Crippen molar-refractivity contribution < 1.29 is 4.42 Å². The van der Waals surface area contributed by atoms with E-state index in [1.54, 1.807) is 0 Å². The Balaban J connectivity index is 2.02. The molecule has 1 aromatic heterocycles. The summed E-state index contributed by atoms with van der Waals surface area (Å²) >= 11 is 3.50. The third-order valence-electron chi connectivity index (χ3n) is 2.81. The van der Waals surface area contributed by atoms with Gasteiger partial charge in [0, 0.05) is 18.0 Å². The lowest BCUT2D eigenvalue weighted by molar-refractivity contribution is 0.342. The molecule has 2 rings (SSSR count). The van der Waals surface area contributed by atoms with Gasteiger partial charge in [-0.05, 0) is 49.1 Å². The Labute approximate surface area is 116 Å². The maximum Gasteiger partial charge on any atom is 0.148 e. The van der Waals surface area contributed by atoms with E-state index < -0.39 is 0 Å². The second-order valence-electron chi connectivity index (χ2n) is 4.92. The second kappa shape index (κ2) is 5.87. The Morgan fingerprint density at radius 1 is 1.39 bits per heavy atom. The zero-order valence-electron chi connectivity index (χ0n) is 11.0. The van der Waals surface area contributed by atoms with Crippen LogP contribution < -0.4 is 5.32 Å². The number of nitrogens with zero attached hydrogens (tertiary/aromatic N) is 1. The number of hydrogen-bond donors (Lipinski definition) is 1. The molecular formula is C14H19BrN2O. The summed E-state index contributed by atoms with van der Waals surface area (Å²) in [7, 11) is 4.16. The topological polar surface area (TPSA) is 28.4 Å². The molecule has 0 bridgehead atoms. The Bertz CT molecular complexity index is 521. The number of para-hydroxylation sites is 1. The quantitative estimate of drug-likeness (QED) is 0.919. The number of hydrogen-bond acceptors (Lipinski definition) is 3. The SMILES string of the molecule is CC(CN(C)C)NCc1cc2cccc(Br)c2o1. The lowest BCUT2D eigenvalue weighted by Crippen LogP contribution is -2.35. The molecule has 0 fully saturated rings. The molecule has 18 heavy (non-hydrogen) atoms. The fourth-order valence-corrected chi connectivity index (χ4v) is 2.52. The predicted octanol–water partition coefficient (Wildman–Crippen LogP) is 3.24.